The van der Waals surface area contributed by atoms with Crippen molar-refractivity contribution in [2.45, 2.75) is 50.4 Å². The number of benzene rings is 1. The van der Waals surface area contributed by atoms with Gasteiger partial charge in [0.15, 0.2) is 0 Å². The zero-order valence-electron chi connectivity index (χ0n) is 17.1. The molecule has 154 valence electrons. The molecule has 0 radical (unpaired) electrons. The summed E-state index contributed by atoms with van der Waals surface area (Å²) in [6.07, 6.45) is 3.71. The zero-order chi connectivity index (χ0) is 19.7. The number of carbonyl (C=O) groups excluding carboxylic acids is 1. The molecule has 1 aliphatic carbocycles. The van der Waals surface area contributed by atoms with Crippen LogP contribution in [0.2, 0.25) is 0 Å². The van der Waals surface area contributed by atoms with Crippen molar-refractivity contribution in [1.82, 2.24) is 15.8 Å². The molecular formula is C21H32N4O3. The Labute approximate surface area is 167 Å². The van der Waals surface area contributed by atoms with E-state index in [9.17, 15) is 4.79 Å². The Balaban J connectivity index is 1.37. The molecule has 28 heavy (non-hydrogen) atoms. The Morgan fingerprint density at radius 1 is 1.11 bits per heavy atom. The van der Waals surface area contributed by atoms with Crippen LogP contribution in [0.3, 0.4) is 0 Å². The van der Waals surface area contributed by atoms with Crippen LogP contribution in [-0.4, -0.2) is 68.9 Å². The lowest BCUT2D eigenvalue weighted by atomic mass is 9.80. The molecule has 2 N–H and O–H groups in total. The zero-order valence-corrected chi connectivity index (χ0v) is 17.1. The summed E-state index contributed by atoms with van der Waals surface area (Å²) in [6.45, 7) is 4.53. The monoisotopic (exact) mass is 388 g/mol. The molecule has 5 atom stereocenters. The van der Waals surface area contributed by atoms with Gasteiger partial charge in [-0.15, -0.1) is 0 Å². The Morgan fingerprint density at radius 3 is 2.61 bits per heavy atom. The topological polar surface area (TPSA) is 66.1 Å². The van der Waals surface area contributed by atoms with Crippen LogP contribution in [0.5, 0.6) is 5.75 Å². The Kier molecular flexibility index (Phi) is 5.87. The van der Waals surface area contributed by atoms with Crippen LogP contribution in [0, 0.1) is 5.92 Å². The van der Waals surface area contributed by atoms with Gasteiger partial charge < -0.3 is 14.4 Å². The van der Waals surface area contributed by atoms with Gasteiger partial charge in [0, 0.05) is 44.5 Å². The predicted molar refractivity (Wildman–Crippen MR) is 108 cm³/mol. The van der Waals surface area contributed by atoms with Gasteiger partial charge in [-0.3, -0.25) is 20.5 Å². The summed E-state index contributed by atoms with van der Waals surface area (Å²) in [5.41, 5.74) is 7.91. The van der Waals surface area contributed by atoms with E-state index in [4.69, 9.17) is 9.47 Å². The molecule has 4 rings (SSSR count). The average Bonchev–Trinajstić information content (AvgIpc) is 3.13. The molecule has 1 saturated carbocycles. The number of rotatable bonds is 5. The molecule has 0 bridgehead atoms. The molecule has 7 nitrogen and oxygen atoms in total. The van der Waals surface area contributed by atoms with Gasteiger partial charge in [0.2, 0.25) is 5.91 Å². The smallest absolute Gasteiger partial charge is 0.244 e. The minimum atomic E-state index is -0.119. The van der Waals surface area contributed by atoms with Crippen LogP contribution >= 0.6 is 0 Å². The molecule has 1 amide bonds. The Bertz CT molecular complexity index is 683. The van der Waals surface area contributed by atoms with Crippen molar-refractivity contribution in [1.29, 1.82) is 0 Å². The molecule has 0 spiro atoms. The largest absolute Gasteiger partial charge is 0.497 e. The molecule has 2 aliphatic heterocycles. The van der Waals surface area contributed by atoms with Gasteiger partial charge in [0.25, 0.3) is 0 Å². The van der Waals surface area contributed by atoms with Crippen molar-refractivity contribution in [3.05, 3.63) is 24.3 Å². The second-order valence-electron chi connectivity index (χ2n) is 8.20. The number of hydrazine groups is 1. The molecule has 3 aliphatic rings. The van der Waals surface area contributed by atoms with E-state index in [0.717, 1.165) is 43.9 Å². The number of hydrogen-bond donors (Lipinski definition) is 2. The van der Waals surface area contributed by atoms with Crippen molar-refractivity contribution >= 4 is 11.6 Å². The van der Waals surface area contributed by atoms with Gasteiger partial charge in [-0.05, 0) is 56.4 Å². The van der Waals surface area contributed by atoms with Crippen LogP contribution in [0.1, 0.15) is 26.2 Å². The highest BCUT2D eigenvalue weighted by molar-refractivity contribution is 5.97. The Morgan fingerprint density at radius 2 is 1.89 bits per heavy atom. The first-order chi connectivity index (χ1) is 13.6. The van der Waals surface area contributed by atoms with Gasteiger partial charge in [0.05, 0.1) is 19.3 Å². The summed E-state index contributed by atoms with van der Waals surface area (Å²) in [7, 11) is 3.46. The second kappa shape index (κ2) is 8.37. The van der Waals surface area contributed by atoms with Crippen molar-refractivity contribution in [3.63, 3.8) is 0 Å². The van der Waals surface area contributed by atoms with Crippen LogP contribution < -0.4 is 20.5 Å². The molecular weight excluding hydrogens is 356 g/mol. The molecule has 5 unspecified atom stereocenters. The van der Waals surface area contributed by atoms with E-state index in [1.54, 1.807) is 14.2 Å². The van der Waals surface area contributed by atoms with E-state index in [0.29, 0.717) is 24.1 Å². The number of carbonyl (C=O) groups is 1. The molecule has 2 saturated heterocycles. The molecule has 1 aromatic carbocycles. The van der Waals surface area contributed by atoms with E-state index in [1.807, 2.05) is 36.1 Å². The van der Waals surface area contributed by atoms with Gasteiger partial charge in [-0.25, -0.2) is 0 Å². The van der Waals surface area contributed by atoms with Gasteiger partial charge in [0.1, 0.15) is 5.75 Å². The average molecular weight is 389 g/mol. The molecule has 2 heterocycles. The summed E-state index contributed by atoms with van der Waals surface area (Å²) in [4.78, 5) is 17.3. The van der Waals surface area contributed by atoms with Gasteiger partial charge in [-0.2, -0.15) is 0 Å². The first-order valence-electron chi connectivity index (χ1n) is 10.3. The number of ether oxygens (including phenoxy) is 2. The number of nitrogens with one attached hydrogen (secondary N) is 2. The quantitative estimate of drug-likeness (QED) is 0.795. The minimum absolute atomic E-state index is 0.119. The summed E-state index contributed by atoms with van der Waals surface area (Å²) in [5.74, 6) is 1.58. The van der Waals surface area contributed by atoms with Crippen LogP contribution in [0.15, 0.2) is 24.3 Å². The third kappa shape index (κ3) is 3.76. The summed E-state index contributed by atoms with van der Waals surface area (Å²) in [5, 5.41) is 0. The third-order valence-electron chi connectivity index (χ3n) is 6.76. The first-order valence-corrected chi connectivity index (χ1v) is 10.3. The van der Waals surface area contributed by atoms with Gasteiger partial charge in [-0.1, -0.05) is 0 Å². The molecule has 0 aromatic heterocycles. The van der Waals surface area contributed by atoms with Crippen LogP contribution in [-0.2, 0) is 9.53 Å². The normalized spacial score (nSPS) is 33.8. The number of anilines is 1. The first kappa shape index (κ1) is 19.6. The van der Waals surface area contributed by atoms with Crippen molar-refractivity contribution in [2.24, 2.45) is 5.92 Å². The van der Waals surface area contributed by atoms with Crippen molar-refractivity contribution < 1.29 is 14.3 Å². The molecule has 7 heteroatoms. The highest BCUT2D eigenvalue weighted by Crippen LogP contribution is 2.32. The highest BCUT2D eigenvalue weighted by atomic mass is 16.5. The van der Waals surface area contributed by atoms with Crippen LogP contribution in [0.25, 0.3) is 0 Å². The van der Waals surface area contributed by atoms with E-state index in [1.165, 1.54) is 6.42 Å². The number of fused-ring (bicyclic) bond motifs is 1. The number of nitrogens with zero attached hydrogens (tertiary/aromatic N) is 2. The fourth-order valence-corrected chi connectivity index (χ4v) is 4.95. The maximum Gasteiger partial charge on any atom is 0.244 e. The maximum atomic E-state index is 13.0. The lowest BCUT2D eigenvalue weighted by Gasteiger charge is -2.41. The third-order valence-corrected chi connectivity index (χ3v) is 6.76. The molecule has 1 aromatic rings. The fraction of sp³-hybridized carbons (Fsp3) is 0.667. The molecule has 3 fully saturated rings. The van der Waals surface area contributed by atoms with Crippen LogP contribution in [0.4, 0.5) is 5.69 Å². The summed E-state index contributed by atoms with van der Waals surface area (Å²) < 4.78 is 10.8. The SMILES string of the molecule is COc1ccc(N2CCN(CC3NNC4CC(OC)CCC43)C(C)C2=O)cc1. The lowest BCUT2D eigenvalue weighted by molar-refractivity contribution is -0.125. The number of amides is 1. The fourth-order valence-electron chi connectivity index (χ4n) is 4.95. The highest BCUT2D eigenvalue weighted by Gasteiger charge is 2.42. The standard InChI is InChI=1S/C21H32N4O3/c1-14-21(26)25(15-4-6-16(27-2)7-5-15)11-10-24(14)13-20-18-9-8-17(28-3)12-19(18)22-23-20/h4-7,14,17-20,22-23H,8-13H2,1-3H3. The lowest BCUT2D eigenvalue weighted by Crippen LogP contribution is -2.58. The number of hydrogen-bond acceptors (Lipinski definition) is 6. The van der Waals surface area contributed by atoms with Gasteiger partial charge >= 0.3 is 0 Å². The maximum absolute atomic E-state index is 13.0. The predicted octanol–water partition coefficient (Wildman–Crippen LogP) is 1.39. The minimum Gasteiger partial charge on any atom is -0.497 e. The summed E-state index contributed by atoms with van der Waals surface area (Å²) >= 11 is 0. The van der Waals surface area contributed by atoms with E-state index in [-0.39, 0.29) is 11.9 Å². The van der Waals surface area contributed by atoms with E-state index >= 15 is 0 Å². The number of methoxy groups -OCH3 is 2. The van der Waals surface area contributed by atoms with Crippen molar-refractivity contribution in [2.75, 3.05) is 38.8 Å². The number of piperazine rings is 1. The second-order valence-corrected chi connectivity index (χ2v) is 8.20. The summed E-state index contributed by atoms with van der Waals surface area (Å²) in [6, 6.07) is 8.46. The van der Waals surface area contributed by atoms with Crippen molar-refractivity contribution in [3.8, 4) is 5.75 Å². The van der Waals surface area contributed by atoms with E-state index in [2.05, 4.69) is 15.8 Å². The Hall–Kier alpha value is -1.67. The van der Waals surface area contributed by atoms with E-state index < -0.39 is 0 Å².